The van der Waals surface area contributed by atoms with Gasteiger partial charge in [-0.1, -0.05) is 18.7 Å². The maximum Gasteiger partial charge on any atom is 0.336 e. The summed E-state index contributed by atoms with van der Waals surface area (Å²) >= 11 is 0. The number of aliphatic hydroxyl groups excluding tert-OH is 1. The van der Waals surface area contributed by atoms with E-state index in [1.54, 1.807) is 6.92 Å². The Morgan fingerprint density at radius 2 is 1.83 bits per heavy atom. The van der Waals surface area contributed by atoms with E-state index in [0.29, 0.717) is 5.56 Å². The Kier molecular flexibility index (Phi) is 4.68. The molecule has 3 heteroatoms. The molecule has 0 radical (unpaired) electrons. The van der Waals surface area contributed by atoms with Crippen molar-refractivity contribution in [3.63, 3.8) is 0 Å². The summed E-state index contributed by atoms with van der Waals surface area (Å²) in [5, 5.41) is 10.2. The van der Waals surface area contributed by atoms with Crippen LogP contribution in [0.1, 0.15) is 35.3 Å². The molecule has 98 valence electrons. The van der Waals surface area contributed by atoms with Crippen LogP contribution in [0.2, 0.25) is 0 Å². The number of aryl methyl sites for hydroxylation is 3. The first-order chi connectivity index (χ1) is 8.38. The molecule has 0 saturated carbocycles. The van der Waals surface area contributed by atoms with E-state index in [1.807, 2.05) is 32.9 Å². The van der Waals surface area contributed by atoms with Crippen molar-refractivity contribution in [2.45, 2.75) is 33.8 Å². The maximum atomic E-state index is 11.5. The molecule has 0 fully saturated rings. The Bertz CT molecular complexity index is 475. The summed E-state index contributed by atoms with van der Waals surface area (Å²) in [6, 6.07) is 3.88. The van der Waals surface area contributed by atoms with Crippen LogP contribution in [0, 0.1) is 20.8 Å². The number of esters is 1. The van der Waals surface area contributed by atoms with Gasteiger partial charge >= 0.3 is 5.97 Å². The van der Waals surface area contributed by atoms with Gasteiger partial charge in [0.1, 0.15) is 6.10 Å². The van der Waals surface area contributed by atoms with Gasteiger partial charge in [0.05, 0.1) is 12.2 Å². The average molecular weight is 248 g/mol. The van der Waals surface area contributed by atoms with Crippen LogP contribution in [0.5, 0.6) is 0 Å². The second-order valence-electron chi connectivity index (χ2n) is 4.44. The molecular weight excluding hydrogens is 228 g/mol. The van der Waals surface area contributed by atoms with Crippen LogP contribution in [0.3, 0.4) is 0 Å². The fourth-order valence-corrected chi connectivity index (χ4v) is 1.80. The Hall–Kier alpha value is -1.61. The van der Waals surface area contributed by atoms with E-state index < -0.39 is 12.1 Å². The highest BCUT2D eigenvalue weighted by molar-refractivity contribution is 5.89. The summed E-state index contributed by atoms with van der Waals surface area (Å²) < 4.78 is 4.84. The zero-order valence-electron chi connectivity index (χ0n) is 11.4. The summed E-state index contributed by atoms with van der Waals surface area (Å²) in [6.07, 6.45) is -1.01. The van der Waals surface area contributed by atoms with Crippen molar-refractivity contribution in [2.24, 2.45) is 0 Å². The van der Waals surface area contributed by atoms with Crippen LogP contribution in [0.4, 0.5) is 0 Å². The number of ether oxygens (including phenoxy) is 1. The van der Waals surface area contributed by atoms with Gasteiger partial charge in [-0.05, 0) is 49.9 Å². The molecule has 0 amide bonds. The number of aliphatic hydroxyl groups is 1. The topological polar surface area (TPSA) is 46.5 Å². The number of hydrogen-bond acceptors (Lipinski definition) is 3. The molecule has 0 bridgehead atoms. The van der Waals surface area contributed by atoms with Crippen molar-refractivity contribution in [3.8, 4) is 0 Å². The molecule has 0 aliphatic carbocycles. The van der Waals surface area contributed by atoms with Crippen LogP contribution in [0.15, 0.2) is 24.3 Å². The van der Waals surface area contributed by atoms with E-state index >= 15 is 0 Å². The van der Waals surface area contributed by atoms with Gasteiger partial charge < -0.3 is 9.84 Å². The first-order valence-corrected chi connectivity index (χ1v) is 6.00. The number of rotatable bonds is 4. The van der Waals surface area contributed by atoms with Gasteiger partial charge in [0.2, 0.25) is 0 Å². The lowest BCUT2D eigenvalue weighted by Gasteiger charge is -2.17. The fraction of sp³-hybridized carbons (Fsp3) is 0.400. The highest BCUT2D eigenvalue weighted by Gasteiger charge is 2.21. The summed E-state index contributed by atoms with van der Waals surface area (Å²) in [4.78, 5) is 11.5. The summed E-state index contributed by atoms with van der Waals surface area (Å²) in [5.41, 5.74) is 3.95. The lowest BCUT2D eigenvalue weighted by molar-refractivity contribution is -0.139. The fourth-order valence-electron chi connectivity index (χ4n) is 1.80. The molecule has 1 N–H and O–H groups in total. The first-order valence-electron chi connectivity index (χ1n) is 6.00. The van der Waals surface area contributed by atoms with Gasteiger partial charge in [-0.25, -0.2) is 4.79 Å². The largest absolute Gasteiger partial charge is 0.463 e. The number of benzene rings is 1. The van der Waals surface area contributed by atoms with Gasteiger partial charge in [0.25, 0.3) is 0 Å². The van der Waals surface area contributed by atoms with Gasteiger partial charge in [0.15, 0.2) is 0 Å². The number of hydrogen-bond donors (Lipinski definition) is 1. The van der Waals surface area contributed by atoms with Gasteiger partial charge in [0, 0.05) is 0 Å². The minimum atomic E-state index is -1.01. The Morgan fingerprint density at radius 3 is 2.39 bits per heavy atom. The van der Waals surface area contributed by atoms with Crippen molar-refractivity contribution in [2.75, 3.05) is 6.61 Å². The predicted molar refractivity (Wildman–Crippen MR) is 71.4 cm³/mol. The third kappa shape index (κ3) is 2.99. The molecule has 0 aliphatic rings. The Morgan fingerprint density at radius 1 is 1.28 bits per heavy atom. The lowest BCUT2D eigenvalue weighted by Crippen LogP contribution is -2.14. The SMILES string of the molecule is C=C(C(=O)OCC)C(O)c1cc(C)c(C)cc1C. The standard InChI is InChI=1S/C15H20O3/c1-6-18-15(17)12(5)14(16)13-8-10(3)9(2)7-11(13)4/h7-8,14,16H,5-6H2,1-4H3. The van der Waals surface area contributed by atoms with Crippen LogP contribution in [0.25, 0.3) is 0 Å². The summed E-state index contributed by atoms with van der Waals surface area (Å²) in [5.74, 6) is -0.553. The van der Waals surface area contributed by atoms with E-state index in [9.17, 15) is 9.90 Å². The monoisotopic (exact) mass is 248 g/mol. The van der Waals surface area contributed by atoms with Crippen LogP contribution in [-0.2, 0) is 9.53 Å². The van der Waals surface area contributed by atoms with Crippen LogP contribution in [-0.4, -0.2) is 17.7 Å². The molecule has 0 saturated heterocycles. The predicted octanol–water partition coefficient (Wildman–Crippen LogP) is 2.76. The second kappa shape index (κ2) is 5.83. The summed E-state index contributed by atoms with van der Waals surface area (Å²) in [7, 11) is 0. The molecule has 0 aromatic heterocycles. The quantitative estimate of drug-likeness (QED) is 0.658. The van der Waals surface area contributed by atoms with E-state index in [1.165, 1.54) is 0 Å². The van der Waals surface area contributed by atoms with E-state index in [-0.39, 0.29) is 12.2 Å². The number of carbonyl (C=O) groups excluding carboxylic acids is 1. The molecule has 1 unspecified atom stereocenters. The highest BCUT2D eigenvalue weighted by atomic mass is 16.5. The van der Waals surface area contributed by atoms with Crippen LogP contribution >= 0.6 is 0 Å². The van der Waals surface area contributed by atoms with Crippen molar-refractivity contribution in [3.05, 3.63) is 46.5 Å². The highest BCUT2D eigenvalue weighted by Crippen LogP contribution is 2.26. The van der Waals surface area contributed by atoms with Gasteiger partial charge in [-0.2, -0.15) is 0 Å². The normalized spacial score (nSPS) is 12.1. The molecule has 0 heterocycles. The zero-order valence-corrected chi connectivity index (χ0v) is 11.4. The van der Waals surface area contributed by atoms with E-state index in [4.69, 9.17) is 4.74 Å². The molecule has 1 aromatic rings. The van der Waals surface area contributed by atoms with Gasteiger partial charge in [-0.15, -0.1) is 0 Å². The molecular formula is C15H20O3. The Balaban J connectivity index is 3.04. The smallest absolute Gasteiger partial charge is 0.336 e. The molecule has 1 atom stereocenters. The third-order valence-electron chi connectivity index (χ3n) is 3.04. The summed E-state index contributed by atoms with van der Waals surface area (Å²) in [6.45, 7) is 11.5. The molecule has 1 rings (SSSR count). The van der Waals surface area contributed by atoms with Crippen LogP contribution < -0.4 is 0 Å². The average Bonchev–Trinajstić information content (AvgIpc) is 2.32. The molecule has 1 aromatic carbocycles. The minimum Gasteiger partial charge on any atom is -0.463 e. The third-order valence-corrected chi connectivity index (χ3v) is 3.04. The van der Waals surface area contributed by atoms with E-state index in [0.717, 1.165) is 16.7 Å². The molecule has 0 spiro atoms. The Labute approximate surface area is 108 Å². The first kappa shape index (κ1) is 14.5. The van der Waals surface area contributed by atoms with Crippen molar-refractivity contribution in [1.29, 1.82) is 0 Å². The van der Waals surface area contributed by atoms with Crippen molar-refractivity contribution in [1.82, 2.24) is 0 Å². The van der Waals surface area contributed by atoms with Crippen molar-refractivity contribution < 1.29 is 14.6 Å². The zero-order chi connectivity index (χ0) is 13.9. The van der Waals surface area contributed by atoms with Gasteiger partial charge in [-0.3, -0.25) is 0 Å². The lowest BCUT2D eigenvalue weighted by atomic mass is 9.94. The molecule has 0 aliphatic heterocycles. The van der Waals surface area contributed by atoms with Crippen molar-refractivity contribution >= 4 is 5.97 Å². The minimum absolute atomic E-state index is 0.0724. The molecule has 3 nitrogen and oxygen atoms in total. The number of carbonyl (C=O) groups is 1. The maximum absolute atomic E-state index is 11.5. The van der Waals surface area contributed by atoms with E-state index in [2.05, 4.69) is 6.58 Å². The molecule has 18 heavy (non-hydrogen) atoms. The second-order valence-corrected chi connectivity index (χ2v) is 4.44.